The minimum Gasteiger partial charge on any atom is -0.352 e. The average Bonchev–Trinajstić information content (AvgIpc) is 3.52. The van der Waals surface area contributed by atoms with E-state index in [-0.39, 0.29) is 11.9 Å². The van der Waals surface area contributed by atoms with Crippen LogP contribution in [0.3, 0.4) is 0 Å². The fraction of sp³-hybridized carbons (Fsp3) is 0.138. The number of fused-ring (bicyclic) bond motifs is 2. The second kappa shape index (κ2) is 9.24. The smallest absolute Gasteiger partial charge is 0.124 e. The molecule has 4 heterocycles. The first-order valence-corrected chi connectivity index (χ1v) is 12.0. The first-order chi connectivity index (χ1) is 18.0. The Balaban J connectivity index is 1.45. The third-order valence-corrected chi connectivity index (χ3v) is 6.60. The van der Waals surface area contributed by atoms with Crippen LogP contribution in [0.2, 0.25) is 0 Å². The Hall–Kier alpha value is -4.40. The van der Waals surface area contributed by atoms with Gasteiger partial charge in [-0.15, -0.1) is 0 Å². The second-order valence-electron chi connectivity index (χ2n) is 9.54. The van der Waals surface area contributed by atoms with E-state index in [2.05, 4.69) is 37.3 Å². The maximum atomic E-state index is 14.7. The summed E-state index contributed by atoms with van der Waals surface area (Å²) in [5.74, 6) is -0.323. The minimum atomic E-state index is -0.323. The Bertz CT molecular complexity index is 1720. The molecule has 0 radical (unpaired) electrons. The number of rotatable bonds is 6. The lowest BCUT2D eigenvalue weighted by molar-refractivity contribution is 0.376. The third-order valence-electron chi connectivity index (χ3n) is 6.60. The number of pyridine rings is 2. The van der Waals surface area contributed by atoms with E-state index in [1.807, 2.05) is 49.3 Å². The molecule has 0 aliphatic carbocycles. The average molecular weight is 492 g/mol. The summed E-state index contributed by atoms with van der Waals surface area (Å²) < 4.78 is 14.7. The molecule has 4 N–H and O–H groups in total. The molecule has 0 aliphatic rings. The number of nitrogens with zero attached hydrogens (tertiary/aromatic N) is 4. The lowest BCUT2D eigenvalue weighted by Crippen LogP contribution is -2.26. The van der Waals surface area contributed by atoms with Crippen molar-refractivity contribution in [3.63, 3.8) is 0 Å². The largest absolute Gasteiger partial charge is 0.352 e. The van der Waals surface area contributed by atoms with Gasteiger partial charge < -0.3 is 15.6 Å². The molecule has 0 saturated carbocycles. The van der Waals surface area contributed by atoms with E-state index in [1.54, 1.807) is 24.8 Å². The van der Waals surface area contributed by atoms with E-state index in [1.165, 1.54) is 12.1 Å². The Morgan fingerprint density at radius 3 is 2.51 bits per heavy atom. The molecule has 37 heavy (non-hydrogen) atoms. The van der Waals surface area contributed by atoms with Crippen molar-refractivity contribution in [2.75, 3.05) is 20.6 Å². The van der Waals surface area contributed by atoms with Crippen LogP contribution in [0.15, 0.2) is 79.4 Å². The van der Waals surface area contributed by atoms with Crippen molar-refractivity contribution in [2.45, 2.75) is 6.04 Å². The topological polar surface area (TPSA) is 99.5 Å². The van der Waals surface area contributed by atoms with Gasteiger partial charge in [-0.2, -0.15) is 5.10 Å². The highest BCUT2D eigenvalue weighted by Crippen LogP contribution is 2.35. The number of nitrogens with two attached hydrogens (primary N) is 1. The molecule has 4 aromatic heterocycles. The second-order valence-corrected chi connectivity index (χ2v) is 9.54. The molecule has 2 aromatic carbocycles. The van der Waals surface area contributed by atoms with E-state index >= 15 is 0 Å². The Kier molecular flexibility index (Phi) is 5.75. The minimum absolute atomic E-state index is 0.302. The predicted octanol–water partition coefficient (Wildman–Crippen LogP) is 5.54. The number of H-pyrrole nitrogens is 2. The maximum Gasteiger partial charge on any atom is 0.124 e. The summed E-state index contributed by atoms with van der Waals surface area (Å²) in [7, 11) is 3.90. The van der Waals surface area contributed by atoms with Gasteiger partial charge in [0.25, 0.3) is 0 Å². The van der Waals surface area contributed by atoms with E-state index < -0.39 is 0 Å². The van der Waals surface area contributed by atoms with Gasteiger partial charge in [0.15, 0.2) is 0 Å². The molecule has 6 rings (SSSR count). The molecule has 1 unspecified atom stereocenters. The molecule has 0 fully saturated rings. The van der Waals surface area contributed by atoms with Gasteiger partial charge in [-0.3, -0.25) is 15.1 Å². The van der Waals surface area contributed by atoms with Crippen molar-refractivity contribution in [1.29, 1.82) is 0 Å². The zero-order chi connectivity index (χ0) is 25.5. The van der Waals surface area contributed by atoms with Gasteiger partial charge in [-0.1, -0.05) is 6.07 Å². The molecule has 0 saturated heterocycles. The number of aromatic amines is 2. The van der Waals surface area contributed by atoms with Crippen LogP contribution in [-0.4, -0.2) is 50.7 Å². The molecule has 7 nitrogen and oxygen atoms in total. The molecule has 0 bridgehead atoms. The van der Waals surface area contributed by atoms with Crippen molar-refractivity contribution >= 4 is 21.8 Å². The van der Waals surface area contributed by atoms with Gasteiger partial charge in [0.2, 0.25) is 0 Å². The maximum absolute atomic E-state index is 14.7. The number of nitrogens with one attached hydrogen (secondary N) is 2. The van der Waals surface area contributed by atoms with Crippen LogP contribution in [0, 0.1) is 5.82 Å². The van der Waals surface area contributed by atoms with E-state index in [0.29, 0.717) is 6.54 Å². The van der Waals surface area contributed by atoms with Crippen LogP contribution in [0.25, 0.3) is 55.4 Å². The Morgan fingerprint density at radius 2 is 1.70 bits per heavy atom. The molecule has 8 heteroatoms. The first-order valence-electron chi connectivity index (χ1n) is 12.0. The summed E-state index contributed by atoms with van der Waals surface area (Å²) in [6.45, 7) is 0.618. The number of benzene rings is 2. The standard InChI is InChI=1S/C29H26FN7/c1-37(2)16-25(31)20-9-19(10-21(30)11-20)24-14-33-15-28-22(24)13-27(34-28)29-23-12-18(3-4-26(23)35-36-29)17-5-7-32-8-6-17/h3-15,25,34H,16,31H2,1-2H3,(H,35,36). The summed E-state index contributed by atoms with van der Waals surface area (Å²) in [4.78, 5) is 14.0. The monoisotopic (exact) mass is 491 g/mol. The fourth-order valence-electron chi connectivity index (χ4n) is 4.83. The summed E-state index contributed by atoms with van der Waals surface area (Å²) in [5, 5.41) is 9.67. The summed E-state index contributed by atoms with van der Waals surface area (Å²) in [5.41, 5.74) is 14.3. The van der Waals surface area contributed by atoms with E-state index in [4.69, 9.17) is 5.73 Å². The zero-order valence-corrected chi connectivity index (χ0v) is 20.5. The van der Waals surface area contributed by atoms with Gasteiger partial charge in [-0.05, 0) is 84.9 Å². The van der Waals surface area contributed by atoms with Crippen molar-refractivity contribution in [2.24, 2.45) is 5.73 Å². The zero-order valence-electron chi connectivity index (χ0n) is 20.5. The van der Waals surface area contributed by atoms with Crippen LogP contribution >= 0.6 is 0 Å². The van der Waals surface area contributed by atoms with Gasteiger partial charge in [-0.25, -0.2) is 4.39 Å². The first kappa shape index (κ1) is 23.0. The van der Waals surface area contributed by atoms with Crippen molar-refractivity contribution in [1.82, 2.24) is 30.0 Å². The van der Waals surface area contributed by atoms with Gasteiger partial charge in [0.05, 0.1) is 22.9 Å². The lowest BCUT2D eigenvalue weighted by atomic mass is 9.98. The molecular formula is C29H26FN7. The molecule has 6 aromatic rings. The van der Waals surface area contributed by atoms with E-state index in [0.717, 1.165) is 61.0 Å². The highest BCUT2D eigenvalue weighted by molar-refractivity contribution is 6.01. The number of hydrogen-bond donors (Lipinski definition) is 3. The lowest BCUT2D eigenvalue weighted by Gasteiger charge is -2.18. The molecule has 0 spiro atoms. The summed E-state index contributed by atoms with van der Waals surface area (Å²) in [6, 6.07) is 16.9. The van der Waals surface area contributed by atoms with Crippen LogP contribution in [0.4, 0.5) is 4.39 Å². The molecule has 1 atom stereocenters. The summed E-state index contributed by atoms with van der Waals surface area (Å²) >= 11 is 0. The predicted molar refractivity (Wildman–Crippen MR) is 145 cm³/mol. The normalized spacial score (nSPS) is 12.6. The van der Waals surface area contributed by atoms with Crippen LogP contribution in [0.1, 0.15) is 11.6 Å². The molecule has 184 valence electrons. The SMILES string of the molecule is CN(C)CC(N)c1cc(F)cc(-c2cncc3[nH]c(-c4n[nH]c5ccc(-c6ccncc6)cc45)cc23)c1. The highest BCUT2D eigenvalue weighted by Gasteiger charge is 2.17. The molecule has 0 aliphatic heterocycles. The summed E-state index contributed by atoms with van der Waals surface area (Å²) in [6.07, 6.45) is 7.11. The van der Waals surface area contributed by atoms with Crippen LogP contribution < -0.4 is 5.73 Å². The highest BCUT2D eigenvalue weighted by atomic mass is 19.1. The van der Waals surface area contributed by atoms with Crippen molar-refractivity contribution in [3.8, 4) is 33.6 Å². The fourth-order valence-corrected chi connectivity index (χ4v) is 4.83. The number of halogens is 1. The van der Waals surface area contributed by atoms with Gasteiger partial charge in [0.1, 0.15) is 11.5 Å². The third kappa shape index (κ3) is 4.37. The van der Waals surface area contributed by atoms with Gasteiger partial charge in [0, 0.05) is 47.5 Å². The van der Waals surface area contributed by atoms with E-state index in [9.17, 15) is 4.39 Å². The number of likely N-dealkylation sites (N-methyl/N-ethyl adjacent to an activating group) is 1. The van der Waals surface area contributed by atoms with Crippen LogP contribution in [0.5, 0.6) is 0 Å². The number of hydrogen-bond acceptors (Lipinski definition) is 5. The van der Waals surface area contributed by atoms with Crippen molar-refractivity contribution in [3.05, 3.63) is 90.8 Å². The van der Waals surface area contributed by atoms with Crippen molar-refractivity contribution < 1.29 is 4.39 Å². The van der Waals surface area contributed by atoms with Crippen LogP contribution in [-0.2, 0) is 0 Å². The Morgan fingerprint density at radius 1 is 0.865 bits per heavy atom. The molecule has 0 amide bonds. The Labute approximate surface area is 213 Å². The number of aromatic nitrogens is 5. The quantitative estimate of drug-likeness (QED) is 0.284. The van der Waals surface area contributed by atoms with Gasteiger partial charge >= 0.3 is 0 Å². The molecular weight excluding hydrogens is 465 g/mol.